The van der Waals surface area contributed by atoms with Crippen molar-refractivity contribution < 1.29 is 22.0 Å². The molecule has 0 aliphatic heterocycles. The van der Waals surface area contributed by atoms with Gasteiger partial charge in [0.2, 0.25) is 10.0 Å². The zero-order valence-electron chi connectivity index (χ0n) is 15.8. The fraction of sp³-hybridized carbons (Fsp3) is 0.0952. The maximum atomic E-state index is 13.7. The molecule has 0 heterocycles. The van der Waals surface area contributed by atoms with Crippen molar-refractivity contribution in [1.82, 2.24) is 0 Å². The van der Waals surface area contributed by atoms with Crippen LogP contribution in [0.4, 0.5) is 20.2 Å². The van der Waals surface area contributed by atoms with Crippen molar-refractivity contribution >= 4 is 38.9 Å². The predicted molar refractivity (Wildman–Crippen MR) is 113 cm³/mol. The molecule has 30 heavy (non-hydrogen) atoms. The van der Waals surface area contributed by atoms with Crippen molar-refractivity contribution in [2.45, 2.75) is 6.54 Å². The number of sulfonamides is 1. The number of amides is 1. The standard InChI is InChI=1S/C21H17ClF2N2O3S/c1-30(28,29)26(17-5-2-4-16(22)12-17)13-14-8-10-15(11-9-14)21(27)25-20-18(23)6-3-7-19(20)24/h2-12H,13H2,1H3,(H,25,27). The van der Waals surface area contributed by atoms with Crippen molar-refractivity contribution in [3.8, 4) is 0 Å². The minimum Gasteiger partial charge on any atom is -0.317 e. The van der Waals surface area contributed by atoms with Gasteiger partial charge in [-0.2, -0.15) is 0 Å². The lowest BCUT2D eigenvalue weighted by molar-refractivity contribution is 0.102. The number of carbonyl (C=O) groups excluding carboxylic acids is 1. The molecule has 0 aliphatic rings. The molecule has 1 amide bonds. The summed E-state index contributed by atoms with van der Waals surface area (Å²) in [4.78, 5) is 12.3. The minimum atomic E-state index is -3.60. The average molecular weight is 451 g/mol. The van der Waals surface area contributed by atoms with Gasteiger partial charge in [0, 0.05) is 10.6 Å². The van der Waals surface area contributed by atoms with Crippen LogP contribution in [0.15, 0.2) is 66.7 Å². The molecule has 3 aromatic carbocycles. The summed E-state index contributed by atoms with van der Waals surface area (Å²) in [6.07, 6.45) is 1.08. The predicted octanol–water partition coefficient (Wildman–Crippen LogP) is 4.84. The van der Waals surface area contributed by atoms with E-state index < -0.39 is 33.3 Å². The third-order valence-corrected chi connectivity index (χ3v) is 5.62. The molecule has 0 atom stereocenters. The highest BCUT2D eigenvalue weighted by Crippen LogP contribution is 2.24. The highest BCUT2D eigenvalue weighted by atomic mass is 35.5. The molecule has 0 saturated carbocycles. The van der Waals surface area contributed by atoms with Gasteiger partial charge in [-0.25, -0.2) is 17.2 Å². The summed E-state index contributed by atoms with van der Waals surface area (Å²) in [5.41, 5.74) is 0.640. The van der Waals surface area contributed by atoms with Gasteiger partial charge < -0.3 is 5.32 Å². The van der Waals surface area contributed by atoms with Crippen molar-refractivity contribution in [3.05, 3.63) is 94.5 Å². The van der Waals surface area contributed by atoms with Crippen molar-refractivity contribution in [3.63, 3.8) is 0 Å². The summed E-state index contributed by atoms with van der Waals surface area (Å²) in [5, 5.41) is 2.60. The number of anilines is 2. The van der Waals surface area contributed by atoms with Crippen LogP contribution in [0.25, 0.3) is 0 Å². The fourth-order valence-electron chi connectivity index (χ4n) is 2.76. The first-order valence-electron chi connectivity index (χ1n) is 8.73. The molecule has 0 spiro atoms. The first-order chi connectivity index (χ1) is 14.1. The average Bonchev–Trinajstić information content (AvgIpc) is 2.68. The van der Waals surface area contributed by atoms with Crippen LogP contribution < -0.4 is 9.62 Å². The van der Waals surface area contributed by atoms with E-state index in [4.69, 9.17) is 11.6 Å². The van der Waals surface area contributed by atoms with Gasteiger partial charge in [0.15, 0.2) is 0 Å². The van der Waals surface area contributed by atoms with Crippen LogP contribution in [-0.2, 0) is 16.6 Å². The van der Waals surface area contributed by atoms with E-state index in [1.54, 1.807) is 30.3 Å². The van der Waals surface area contributed by atoms with Gasteiger partial charge in [-0.3, -0.25) is 9.10 Å². The molecule has 0 saturated heterocycles. The van der Waals surface area contributed by atoms with Gasteiger partial charge in [0.25, 0.3) is 5.91 Å². The molecular formula is C21H17ClF2N2O3S. The van der Waals surface area contributed by atoms with E-state index in [0.717, 1.165) is 18.4 Å². The molecule has 3 rings (SSSR count). The SMILES string of the molecule is CS(=O)(=O)N(Cc1ccc(C(=O)Nc2c(F)cccc2F)cc1)c1cccc(Cl)c1. The first kappa shape index (κ1) is 21.7. The number of nitrogens with zero attached hydrogens (tertiary/aromatic N) is 1. The molecule has 0 fully saturated rings. The number of hydrogen-bond donors (Lipinski definition) is 1. The van der Waals surface area contributed by atoms with Crippen LogP contribution >= 0.6 is 11.6 Å². The number of para-hydroxylation sites is 1. The van der Waals surface area contributed by atoms with Gasteiger partial charge in [0.1, 0.15) is 17.3 Å². The van der Waals surface area contributed by atoms with Gasteiger partial charge in [-0.15, -0.1) is 0 Å². The van der Waals surface area contributed by atoms with Crippen molar-refractivity contribution in [2.75, 3.05) is 15.9 Å². The van der Waals surface area contributed by atoms with Crippen molar-refractivity contribution in [2.24, 2.45) is 0 Å². The Balaban J connectivity index is 1.80. The Morgan fingerprint density at radius 1 is 1.00 bits per heavy atom. The number of halogens is 3. The van der Waals surface area contributed by atoms with E-state index in [2.05, 4.69) is 5.32 Å². The number of carbonyl (C=O) groups is 1. The minimum absolute atomic E-state index is 0.0169. The Morgan fingerprint density at radius 3 is 2.17 bits per heavy atom. The zero-order valence-corrected chi connectivity index (χ0v) is 17.3. The monoisotopic (exact) mass is 450 g/mol. The summed E-state index contributed by atoms with van der Waals surface area (Å²) < 4.78 is 53.1. The molecule has 156 valence electrons. The topological polar surface area (TPSA) is 66.5 Å². The second-order valence-electron chi connectivity index (χ2n) is 6.50. The summed E-state index contributed by atoms with van der Waals surface area (Å²) in [7, 11) is -3.60. The van der Waals surface area contributed by atoms with E-state index in [1.807, 2.05) is 0 Å². The lowest BCUT2D eigenvalue weighted by atomic mass is 10.1. The Kier molecular flexibility index (Phi) is 6.38. The maximum Gasteiger partial charge on any atom is 0.255 e. The molecule has 5 nitrogen and oxygen atoms in total. The molecule has 0 aromatic heterocycles. The zero-order chi connectivity index (χ0) is 21.9. The summed E-state index contributed by atoms with van der Waals surface area (Å²) in [6.45, 7) is 0.0169. The van der Waals surface area contributed by atoms with E-state index in [9.17, 15) is 22.0 Å². The number of rotatable bonds is 6. The van der Waals surface area contributed by atoms with Crippen LogP contribution in [0.3, 0.4) is 0 Å². The van der Waals surface area contributed by atoms with Crippen LogP contribution in [0, 0.1) is 11.6 Å². The molecule has 0 bridgehead atoms. The normalized spacial score (nSPS) is 11.2. The Morgan fingerprint density at radius 2 is 1.60 bits per heavy atom. The van der Waals surface area contributed by atoms with Gasteiger partial charge in [-0.1, -0.05) is 35.9 Å². The second kappa shape index (κ2) is 8.81. The van der Waals surface area contributed by atoms with Crippen LogP contribution in [0.5, 0.6) is 0 Å². The first-order valence-corrected chi connectivity index (χ1v) is 11.0. The maximum absolute atomic E-state index is 13.7. The number of benzene rings is 3. The fourth-order valence-corrected chi connectivity index (χ4v) is 3.83. The highest BCUT2D eigenvalue weighted by molar-refractivity contribution is 7.92. The van der Waals surface area contributed by atoms with E-state index in [-0.39, 0.29) is 12.1 Å². The molecular weight excluding hydrogens is 434 g/mol. The molecule has 0 radical (unpaired) electrons. The largest absolute Gasteiger partial charge is 0.317 e. The molecule has 0 aliphatic carbocycles. The van der Waals surface area contributed by atoms with E-state index >= 15 is 0 Å². The Bertz CT molecular complexity index is 1160. The Labute approximate surface area is 178 Å². The molecule has 9 heteroatoms. The van der Waals surface area contributed by atoms with Crippen LogP contribution in [-0.4, -0.2) is 20.6 Å². The number of hydrogen-bond acceptors (Lipinski definition) is 3. The summed E-state index contributed by atoms with van der Waals surface area (Å²) in [6, 6.07) is 15.7. The summed E-state index contributed by atoms with van der Waals surface area (Å²) >= 11 is 5.97. The lowest BCUT2D eigenvalue weighted by Gasteiger charge is -2.22. The van der Waals surface area contributed by atoms with Gasteiger partial charge in [0.05, 0.1) is 18.5 Å². The quantitative estimate of drug-likeness (QED) is 0.584. The van der Waals surface area contributed by atoms with E-state index in [1.165, 1.54) is 28.6 Å². The smallest absolute Gasteiger partial charge is 0.255 e. The van der Waals surface area contributed by atoms with Crippen LogP contribution in [0.2, 0.25) is 5.02 Å². The van der Waals surface area contributed by atoms with Crippen LogP contribution in [0.1, 0.15) is 15.9 Å². The molecule has 1 N–H and O–H groups in total. The Hall–Kier alpha value is -2.97. The third kappa shape index (κ3) is 5.14. The van der Waals surface area contributed by atoms with E-state index in [0.29, 0.717) is 16.3 Å². The van der Waals surface area contributed by atoms with Gasteiger partial charge in [-0.05, 0) is 48.0 Å². The second-order valence-corrected chi connectivity index (χ2v) is 8.84. The lowest BCUT2D eigenvalue weighted by Crippen LogP contribution is -2.29. The summed E-state index contributed by atoms with van der Waals surface area (Å²) in [5.74, 6) is -2.46. The van der Waals surface area contributed by atoms with Gasteiger partial charge >= 0.3 is 0 Å². The third-order valence-electron chi connectivity index (χ3n) is 4.24. The number of nitrogens with one attached hydrogen (secondary N) is 1. The highest BCUT2D eigenvalue weighted by Gasteiger charge is 2.19. The van der Waals surface area contributed by atoms with Crippen molar-refractivity contribution in [1.29, 1.82) is 0 Å². The molecule has 3 aromatic rings. The molecule has 0 unspecified atom stereocenters.